The second kappa shape index (κ2) is 11.8. The van der Waals surface area contributed by atoms with Gasteiger partial charge in [0.05, 0.1) is 29.4 Å². The number of methoxy groups -OCH3 is 1. The van der Waals surface area contributed by atoms with Crippen molar-refractivity contribution in [3.8, 4) is 0 Å². The van der Waals surface area contributed by atoms with Gasteiger partial charge in [0.1, 0.15) is 5.60 Å². The summed E-state index contributed by atoms with van der Waals surface area (Å²) in [6.45, 7) is 3.85. The number of ether oxygens (including phenoxy) is 1. The highest BCUT2D eigenvalue weighted by atomic mass is 19.4. The summed E-state index contributed by atoms with van der Waals surface area (Å²) in [4.78, 5) is 31.8. The van der Waals surface area contributed by atoms with Gasteiger partial charge in [-0.25, -0.2) is 0 Å². The highest BCUT2D eigenvalue weighted by molar-refractivity contribution is 5.96. The molecule has 1 aliphatic heterocycles. The van der Waals surface area contributed by atoms with Crippen LogP contribution in [0.25, 0.3) is 0 Å². The molecule has 3 N–H and O–H groups in total. The first-order valence-electron chi connectivity index (χ1n) is 13.5. The minimum atomic E-state index is -4.57. The van der Waals surface area contributed by atoms with E-state index in [1.165, 1.54) is 6.07 Å². The van der Waals surface area contributed by atoms with Gasteiger partial charge in [-0.3, -0.25) is 14.6 Å². The Morgan fingerprint density at radius 3 is 2.48 bits per heavy atom. The molecule has 1 aromatic carbocycles. The summed E-state index contributed by atoms with van der Waals surface area (Å²) >= 11 is 0. The Bertz CT molecular complexity index is 1180. The number of hydrogen-bond donors (Lipinski definition) is 3. The summed E-state index contributed by atoms with van der Waals surface area (Å²) in [5.41, 5.74) is -2.03. The molecule has 0 bridgehead atoms. The Morgan fingerprint density at radius 2 is 1.85 bits per heavy atom. The molecule has 1 aliphatic carbocycles. The van der Waals surface area contributed by atoms with Crippen molar-refractivity contribution in [1.82, 2.24) is 20.5 Å². The molecule has 40 heavy (non-hydrogen) atoms. The second-order valence-corrected chi connectivity index (χ2v) is 11.3. The zero-order valence-corrected chi connectivity index (χ0v) is 23.0. The highest BCUT2D eigenvalue weighted by Gasteiger charge is 2.45. The van der Waals surface area contributed by atoms with E-state index in [0.717, 1.165) is 31.0 Å². The molecule has 2 aromatic rings. The standard InChI is InChI=1S/C29H37F3N4O4/c1-27(2,40-3)24-16-22(35-21-10-12-28(39,13-11-21)23-9-4-5-14-33-23)18-36(24)25(37)17-34-26(38)19-7-6-8-20(15-19)29(30,31)32/h4-9,14-15,21-22,24,35,39H,10-13,16-18H2,1-3H3,(H,34,38)/t21?,22-,24-,28?/m0/s1. The van der Waals surface area contributed by atoms with Gasteiger partial charge < -0.3 is 25.4 Å². The molecule has 2 aliphatic rings. The molecule has 0 spiro atoms. The van der Waals surface area contributed by atoms with Crippen LogP contribution in [0.1, 0.15) is 67.6 Å². The number of halogens is 3. The van der Waals surface area contributed by atoms with Crippen molar-refractivity contribution < 1.29 is 32.6 Å². The molecule has 2 amide bonds. The van der Waals surface area contributed by atoms with Crippen LogP contribution in [0, 0.1) is 0 Å². The van der Waals surface area contributed by atoms with E-state index in [9.17, 15) is 27.9 Å². The van der Waals surface area contributed by atoms with Gasteiger partial charge in [0.15, 0.2) is 0 Å². The fourth-order valence-corrected chi connectivity index (χ4v) is 5.71. The van der Waals surface area contributed by atoms with E-state index in [4.69, 9.17) is 4.74 Å². The molecule has 11 heteroatoms. The normalized spacial score (nSPS) is 25.6. The molecule has 8 nitrogen and oxygen atoms in total. The Morgan fingerprint density at radius 1 is 1.12 bits per heavy atom. The Balaban J connectivity index is 1.36. The fraction of sp³-hybridized carbons (Fsp3) is 0.552. The number of aliphatic hydroxyl groups is 1. The smallest absolute Gasteiger partial charge is 0.384 e. The van der Waals surface area contributed by atoms with Gasteiger partial charge in [0.25, 0.3) is 5.91 Å². The molecule has 4 rings (SSSR count). The number of carbonyl (C=O) groups is 2. The molecular weight excluding hydrogens is 525 g/mol. The largest absolute Gasteiger partial charge is 0.416 e. The predicted octanol–water partition coefficient (Wildman–Crippen LogP) is 3.64. The first kappa shape index (κ1) is 30.0. The molecule has 2 heterocycles. The average molecular weight is 563 g/mol. The van der Waals surface area contributed by atoms with Crippen LogP contribution in [0.3, 0.4) is 0 Å². The van der Waals surface area contributed by atoms with Crippen LogP contribution in [0.5, 0.6) is 0 Å². The van der Waals surface area contributed by atoms with E-state index < -0.39 is 28.8 Å². The van der Waals surface area contributed by atoms with Gasteiger partial charge in [-0.05, 0) is 76.3 Å². The van der Waals surface area contributed by atoms with Gasteiger partial charge in [-0.2, -0.15) is 13.2 Å². The number of likely N-dealkylation sites (tertiary alicyclic amines) is 1. The summed E-state index contributed by atoms with van der Waals surface area (Å²) < 4.78 is 44.8. The number of pyridine rings is 1. The zero-order valence-electron chi connectivity index (χ0n) is 23.0. The van der Waals surface area contributed by atoms with E-state index in [1.54, 1.807) is 18.2 Å². The van der Waals surface area contributed by atoms with Gasteiger partial charge in [-0.1, -0.05) is 12.1 Å². The molecule has 1 aromatic heterocycles. The van der Waals surface area contributed by atoms with Crippen LogP contribution in [-0.2, 0) is 21.3 Å². The summed E-state index contributed by atoms with van der Waals surface area (Å²) in [5.74, 6) is -1.09. The van der Waals surface area contributed by atoms with E-state index in [-0.39, 0.29) is 36.1 Å². The molecule has 2 atom stereocenters. The van der Waals surface area contributed by atoms with E-state index in [1.807, 2.05) is 32.0 Å². The third kappa shape index (κ3) is 6.82. The first-order chi connectivity index (χ1) is 18.8. The summed E-state index contributed by atoms with van der Waals surface area (Å²) in [5, 5.41) is 17.2. The Kier molecular flexibility index (Phi) is 8.86. The summed E-state index contributed by atoms with van der Waals surface area (Å²) in [6.07, 6.45) is 0.401. The average Bonchev–Trinajstić information content (AvgIpc) is 3.38. The number of carbonyl (C=O) groups excluding carboxylic acids is 2. The lowest BCUT2D eigenvalue weighted by atomic mass is 9.79. The molecule has 218 valence electrons. The molecule has 0 radical (unpaired) electrons. The van der Waals surface area contributed by atoms with Crippen LogP contribution < -0.4 is 10.6 Å². The van der Waals surface area contributed by atoms with Gasteiger partial charge in [0.2, 0.25) is 5.91 Å². The SMILES string of the molecule is COC(C)(C)[C@@H]1C[C@H](NC2CCC(O)(c3ccccn3)CC2)CN1C(=O)CNC(=O)c1cccc(C(F)(F)F)c1. The predicted molar refractivity (Wildman–Crippen MR) is 142 cm³/mol. The van der Waals surface area contributed by atoms with E-state index in [0.29, 0.717) is 31.5 Å². The maximum atomic E-state index is 13.3. The van der Waals surface area contributed by atoms with Crippen molar-refractivity contribution in [2.45, 2.75) is 81.5 Å². The van der Waals surface area contributed by atoms with Crippen molar-refractivity contribution in [3.05, 3.63) is 65.5 Å². The van der Waals surface area contributed by atoms with Crippen LogP contribution in [0.15, 0.2) is 48.7 Å². The Hall–Kier alpha value is -3.02. The van der Waals surface area contributed by atoms with Crippen LogP contribution in [0.2, 0.25) is 0 Å². The number of amides is 2. The number of nitrogens with one attached hydrogen (secondary N) is 2. The quantitative estimate of drug-likeness (QED) is 0.454. The second-order valence-electron chi connectivity index (χ2n) is 11.3. The minimum Gasteiger partial charge on any atom is -0.384 e. The number of nitrogens with zero attached hydrogens (tertiary/aromatic N) is 2. The summed E-state index contributed by atoms with van der Waals surface area (Å²) in [7, 11) is 1.58. The molecule has 2 fully saturated rings. The maximum absolute atomic E-state index is 13.3. The lowest BCUT2D eigenvalue weighted by Crippen LogP contribution is -2.51. The molecule has 1 saturated heterocycles. The number of aromatic nitrogens is 1. The van der Waals surface area contributed by atoms with Gasteiger partial charge in [-0.15, -0.1) is 0 Å². The zero-order chi connectivity index (χ0) is 29.1. The third-order valence-electron chi connectivity index (χ3n) is 8.23. The molecule has 1 saturated carbocycles. The first-order valence-corrected chi connectivity index (χ1v) is 13.5. The minimum absolute atomic E-state index is 0.0198. The molecular formula is C29H37F3N4O4. The lowest BCUT2D eigenvalue weighted by Gasteiger charge is -2.37. The van der Waals surface area contributed by atoms with Gasteiger partial charge >= 0.3 is 6.18 Å². The van der Waals surface area contributed by atoms with E-state index in [2.05, 4.69) is 15.6 Å². The van der Waals surface area contributed by atoms with Crippen molar-refractivity contribution >= 4 is 11.8 Å². The van der Waals surface area contributed by atoms with Crippen molar-refractivity contribution in [2.75, 3.05) is 20.2 Å². The summed E-state index contributed by atoms with van der Waals surface area (Å²) in [6, 6.07) is 9.50. The molecule has 0 unspecified atom stereocenters. The fourth-order valence-electron chi connectivity index (χ4n) is 5.71. The van der Waals surface area contributed by atoms with Crippen LogP contribution >= 0.6 is 0 Å². The van der Waals surface area contributed by atoms with Crippen LogP contribution in [-0.4, -0.2) is 70.7 Å². The number of alkyl halides is 3. The number of rotatable bonds is 8. The van der Waals surface area contributed by atoms with Crippen molar-refractivity contribution in [1.29, 1.82) is 0 Å². The topological polar surface area (TPSA) is 104 Å². The highest BCUT2D eigenvalue weighted by Crippen LogP contribution is 2.37. The monoisotopic (exact) mass is 562 g/mol. The Labute approximate surface area is 232 Å². The number of hydrogen-bond acceptors (Lipinski definition) is 6. The lowest BCUT2D eigenvalue weighted by molar-refractivity contribution is -0.138. The van der Waals surface area contributed by atoms with E-state index >= 15 is 0 Å². The van der Waals surface area contributed by atoms with Gasteiger partial charge in [0, 0.05) is 37.5 Å². The third-order valence-corrected chi connectivity index (χ3v) is 8.23. The number of benzene rings is 1. The van der Waals surface area contributed by atoms with Crippen molar-refractivity contribution in [3.63, 3.8) is 0 Å². The maximum Gasteiger partial charge on any atom is 0.416 e. The van der Waals surface area contributed by atoms with Crippen molar-refractivity contribution in [2.24, 2.45) is 0 Å². The van der Waals surface area contributed by atoms with Crippen LogP contribution in [0.4, 0.5) is 13.2 Å².